The summed E-state index contributed by atoms with van der Waals surface area (Å²) < 4.78 is 25.9. The lowest BCUT2D eigenvalue weighted by Crippen LogP contribution is -2.22. The van der Waals surface area contributed by atoms with Crippen molar-refractivity contribution in [2.75, 3.05) is 0 Å². The molecule has 3 N–H and O–H groups in total. The van der Waals surface area contributed by atoms with Crippen LogP contribution in [0.3, 0.4) is 0 Å². The topological polar surface area (TPSA) is 63.3 Å². The number of nitrogens with two attached hydrogens (primary N) is 1. The number of benzene rings is 1. The van der Waals surface area contributed by atoms with Gasteiger partial charge in [-0.05, 0) is 12.1 Å². The third-order valence-corrected chi connectivity index (χ3v) is 2.04. The first-order valence-electron chi connectivity index (χ1n) is 3.57. The molecule has 0 aliphatic heterocycles. The zero-order valence-electron chi connectivity index (χ0n) is 6.80. The van der Waals surface area contributed by atoms with Gasteiger partial charge in [0.05, 0.1) is 5.02 Å². The molecule has 1 aromatic rings. The Balaban J connectivity index is 3.32. The normalized spacial score (nSPS) is 12.6. The van der Waals surface area contributed by atoms with Crippen LogP contribution in [0, 0.1) is 11.6 Å². The smallest absolute Gasteiger partial charge is 0.325 e. The zero-order valence-corrected chi connectivity index (χ0v) is 7.55. The minimum atomic E-state index is -1.67. The van der Waals surface area contributed by atoms with Crippen molar-refractivity contribution in [2.45, 2.75) is 6.04 Å². The Hall–Kier alpha value is -1.20. The highest BCUT2D eigenvalue weighted by Crippen LogP contribution is 2.27. The van der Waals surface area contributed by atoms with Crippen LogP contribution in [0.25, 0.3) is 0 Å². The van der Waals surface area contributed by atoms with Gasteiger partial charge in [0.1, 0.15) is 17.7 Å². The Morgan fingerprint density at radius 1 is 1.43 bits per heavy atom. The van der Waals surface area contributed by atoms with Crippen molar-refractivity contribution < 1.29 is 18.7 Å². The number of carboxylic acid groups (broad SMARTS) is 1. The van der Waals surface area contributed by atoms with Gasteiger partial charge in [-0.15, -0.1) is 0 Å². The molecule has 3 nitrogen and oxygen atoms in total. The summed E-state index contributed by atoms with van der Waals surface area (Å²) in [6, 6.07) is -0.0899. The van der Waals surface area contributed by atoms with E-state index in [0.717, 1.165) is 12.1 Å². The van der Waals surface area contributed by atoms with E-state index in [9.17, 15) is 13.6 Å². The molecule has 0 saturated heterocycles. The largest absolute Gasteiger partial charge is 0.480 e. The highest BCUT2D eigenvalue weighted by molar-refractivity contribution is 6.31. The molecule has 0 aliphatic carbocycles. The molecular weight excluding hydrogens is 216 g/mol. The molecule has 0 bridgehead atoms. The summed E-state index contributed by atoms with van der Waals surface area (Å²) in [7, 11) is 0. The average Bonchev–Trinajstić information content (AvgIpc) is 2.12. The molecule has 0 spiro atoms. The molecule has 1 aromatic carbocycles. The first-order chi connectivity index (χ1) is 6.45. The highest BCUT2D eigenvalue weighted by Gasteiger charge is 2.23. The number of hydrogen-bond donors (Lipinski definition) is 2. The Labute approximate surface area is 83.1 Å². The van der Waals surface area contributed by atoms with Crippen LogP contribution in [0.15, 0.2) is 12.1 Å². The predicted molar refractivity (Wildman–Crippen MR) is 45.9 cm³/mol. The minimum Gasteiger partial charge on any atom is -0.480 e. The molecule has 0 saturated carbocycles. The summed E-state index contributed by atoms with van der Waals surface area (Å²) in [5.41, 5.74) is 4.58. The molecule has 0 unspecified atom stereocenters. The van der Waals surface area contributed by atoms with Crippen molar-refractivity contribution >= 4 is 17.6 Å². The fourth-order valence-corrected chi connectivity index (χ4v) is 1.22. The van der Waals surface area contributed by atoms with Gasteiger partial charge < -0.3 is 10.8 Å². The van der Waals surface area contributed by atoms with Gasteiger partial charge in [0.15, 0.2) is 0 Å². The maximum Gasteiger partial charge on any atom is 0.325 e. The third kappa shape index (κ3) is 1.83. The van der Waals surface area contributed by atoms with Crippen LogP contribution in [0.2, 0.25) is 5.02 Å². The molecule has 0 radical (unpaired) electrons. The van der Waals surface area contributed by atoms with Crippen molar-refractivity contribution in [3.63, 3.8) is 0 Å². The van der Waals surface area contributed by atoms with Gasteiger partial charge in [0.2, 0.25) is 0 Å². The molecule has 1 atom stereocenters. The molecule has 0 heterocycles. The van der Waals surface area contributed by atoms with E-state index in [1.807, 2.05) is 0 Å². The lowest BCUT2D eigenvalue weighted by molar-refractivity contribution is -0.138. The maximum absolute atomic E-state index is 13.0. The Kier molecular flexibility index (Phi) is 3.03. The van der Waals surface area contributed by atoms with E-state index in [0.29, 0.717) is 0 Å². The van der Waals surface area contributed by atoms with Crippen molar-refractivity contribution in [2.24, 2.45) is 5.73 Å². The third-order valence-electron chi connectivity index (χ3n) is 1.66. The monoisotopic (exact) mass is 221 g/mol. The van der Waals surface area contributed by atoms with Crippen LogP contribution in [-0.2, 0) is 4.79 Å². The van der Waals surface area contributed by atoms with Crippen molar-refractivity contribution in [1.29, 1.82) is 0 Å². The first-order valence-corrected chi connectivity index (χ1v) is 3.94. The van der Waals surface area contributed by atoms with E-state index in [1.54, 1.807) is 0 Å². The molecule has 76 valence electrons. The van der Waals surface area contributed by atoms with Gasteiger partial charge in [-0.2, -0.15) is 0 Å². The van der Waals surface area contributed by atoms with Crippen molar-refractivity contribution in [1.82, 2.24) is 0 Å². The van der Waals surface area contributed by atoms with Crippen molar-refractivity contribution in [3.05, 3.63) is 34.4 Å². The number of aliphatic carboxylic acids is 1. The lowest BCUT2D eigenvalue weighted by Gasteiger charge is -2.10. The highest BCUT2D eigenvalue weighted by atomic mass is 35.5. The standard InChI is InChI=1S/C8H6ClF2NO2/c9-6-4(11)2-1-3(10)5(6)7(12)8(13)14/h1-2,7H,12H2,(H,13,14)/t7-/m0/s1. The van der Waals surface area contributed by atoms with Gasteiger partial charge in [-0.25, -0.2) is 8.78 Å². The van der Waals surface area contributed by atoms with Crippen LogP contribution in [0.5, 0.6) is 0 Å². The molecule has 0 aromatic heterocycles. The summed E-state index contributed by atoms with van der Waals surface area (Å²) in [5, 5.41) is 7.91. The van der Waals surface area contributed by atoms with E-state index >= 15 is 0 Å². The van der Waals surface area contributed by atoms with E-state index in [4.69, 9.17) is 22.4 Å². The second-order valence-corrected chi connectivity index (χ2v) is 2.95. The lowest BCUT2D eigenvalue weighted by atomic mass is 10.1. The van der Waals surface area contributed by atoms with Crippen LogP contribution in [0.4, 0.5) is 8.78 Å². The van der Waals surface area contributed by atoms with Gasteiger partial charge in [0.25, 0.3) is 0 Å². The summed E-state index contributed by atoms with van der Waals surface area (Å²) >= 11 is 5.38. The van der Waals surface area contributed by atoms with Crippen molar-refractivity contribution in [3.8, 4) is 0 Å². The molecule has 1 rings (SSSR count). The summed E-state index contributed by atoms with van der Waals surface area (Å²) in [6.45, 7) is 0. The summed E-state index contributed by atoms with van der Waals surface area (Å²) in [4.78, 5) is 10.4. The maximum atomic E-state index is 13.0. The number of hydrogen-bond acceptors (Lipinski definition) is 2. The number of carboxylic acids is 1. The predicted octanol–water partition coefficient (Wildman–Crippen LogP) is 1.70. The van der Waals surface area contributed by atoms with Crippen LogP contribution >= 0.6 is 11.6 Å². The van der Waals surface area contributed by atoms with Gasteiger partial charge in [0, 0.05) is 5.56 Å². The van der Waals surface area contributed by atoms with Gasteiger partial charge in [-0.1, -0.05) is 11.6 Å². The first kappa shape index (κ1) is 10.9. The Morgan fingerprint density at radius 2 is 1.93 bits per heavy atom. The van der Waals surface area contributed by atoms with E-state index in [1.165, 1.54) is 0 Å². The number of rotatable bonds is 2. The minimum absolute atomic E-state index is 0.542. The van der Waals surface area contributed by atoms with E-state index in [2.05, 4.69) is 0 Å². The van der Waals surface area contributed by atoms with E-state index < -0.39 is 34.2 Å². The second kappa shape index (κ2) is 3.89. The Bertz CT molecular complexity index is 384. The summed E-state index contributed by atoms with van der Waals surface area (Å²) in [5.74, 6) is -3.32. The summed E-state index contributed by atoms with van der Waals surface area (Å²) in [6.07, 6.45) is 0. The van der Waals surface area contributed by atoms with Crippen LogP contribution in [-0.4, -0.2) is 11.1 Å². The molecule has 6 heteroatoms. The molecule has 0 fully saturated rings. The van der Waals surface area contributed by atoms with Gasteiger partial charge >= 0.3 is 5.97 Å². The fourth-order valence-electron chi connectivity index (χ4n) is 0.951. The SMILES string of the molecule is N[C@H](C(=O)O)c1c(F)ccc(F)c1Cl. The van der Waals surface area contributed by atoms with Gasteiger partial charge in [-0.3, -0.25) is 4.79 Å². The van der Waals surface area contributed by atoms with Crippen LogP contribution in [0.1, 0.15) is 11.6 Å². The molecule has 0 aliphatic rings. The number of halogens is 3. The second-order valence-electron chi connectivity index (χ2n) is 2.57. The quantitative estimate of drug-likeness (QED) is 0.748. The fraction of sp³-hybridized carbons (Fsp3) is 0.125. The zero-order chi connectivity index (χ0) is 10.9. The molecule has 0 amide bonds. The van der Waals surface area contributed by atoms with E-state index in [-0.39, 0.29) is 0 Å². The number of carbonyl (C=O) groups is 1. The molecular formula is C8H6ClF2NO2. The molecule has 14 heavy (non-hydrogen) atoms. The van der Waals surface area contributed by atoms with Crippen LogP contribution < -0.4 is 5.73 Å². The average molecular weight is 222 g/mol. The Morgan fingerprint density at radius 3 is 2.43 bits per heavy atom.